The summed E-state index contributed by atoms with van der Waals surface area (Å²) in [7, 11) is 3.21. The van der Waals surface area contributed by atoms with Crippen LogP contribution in [0.25, 0.3) is 17.2 Å². The molecule has 1 heterocycles. The molecule has 6 heteroatoms. The van der Waals surface area contributed by atoms with Crippen molar-refractivity contribution in [3.8, 4) is 22.6 Å². The summed E-state index contributed by atoms with van der Waals surface area (Å²) < 4.78 is 11.3. The number of imide groups is 1. The zero-order valence-corrected chi connectivity index (χ0v) is 20.4. The molecule has 1 saturated heterocycles. The van der Waals surface area contributed by atoms with Gasteiger partial charge in [-0.2, -0.15) is 0 Å². The number of hydrogen-bond acceptors (Lipinski definition) is 4. The molecule has 4 rings (SSSR count). The number of aryl methyl sites for hydroxylation is 1. The minimum absolute atomic E-state index is 0.0734. The van der Waals surface area contributed by atoms with E-state index in [2.05, 4.69) is 57.4 Å². The standard InChI is InChI=1S/C27H32N2O4/c1-15-10-19-20(27(4,5)9-8-26(19,2)3)13-17(15)18-11-16(22(32-6)14-23(18)33-7)12-21-24(30)29-25(31)28-21/h10-14H,8-9H2,1-7H3,(H2,28,29,30,31)/b21-12+. The molecule has 1 aliphatic carbocycles. The molecular formula is C27H32N2O4. The number of urea groups is 1. The third-order valence-electron chi connectivity index (χ3n) is 7.06. The second-order valence-corrected chi connectivity index (χ2v) is 10.2. The molecule has 6 nitrogen and oxygen atoms in total. The summed E-state index contributed by atoms with van der Waals surface area (Å²) in [6, 6.07) is 7.87. The predicted octanol–water partition coefficient (Wildman–Crippen LogP) is 5.21. The lowest BCUT2D eigenvalue weighted by Gasteiger charge is -2.42. The van der Waals surface area contributed by atoms with E-state index >= 15 is 0 Å². The van der Waals surface area contributed by atoms with Gasteiger partial charge >= 0.3 is 6.03 Å². The molecule has 33 heavy (non-hydrogen) atoms. The number of methoxy groups -OCH3 is 2. The van der Waals surface area contributed by atoms with E-state index in [1.807, 2.05) is 12.1 Å². The van der Waals surface area contributed by atoms with E-state index in [9.17, 15) is 9.59 Å². The summed E-state index contributed by atoms with van der Waals surface area (Å²) in [5.74, 6) is 0.771. The topological polar surface area (TPSA) is 76.7 Å². The molecule has 0 aromatic heterocycles. The number of nitrogens with one attached hydrogen (secondary N) is 2. The number of rotatable bonds is 4. The molecule has 1 aliphatic heterocycles. The number of ether oxygens (including phenoxy) is 2. The van der Waals surface area contributed by atoms with Gasteiger partial charge in [0.1, 0.15) is 17.2 Å². The summed E-state index contributed by atoms with van der Waals surface area (Å²) in [4.78, 5) is 23.6. The molecule has 0 atom stereocenters. The first kappa shape index (κ1) is 22.9. The molecule has 2 aromatic rings. The Morgan fingerprint density at radius 3 is 1.97 bits per heavy atom. The van der Waals surface area contributed by atoms with Crippen molar-refractivity contribution in [3.05, 3.63) is 52.2 Å². The minimum atomic E-state index is -0.533. The third kappa shape index (κ3) is 3.99. The first-order valence-corrected chi connectivity index (χ1v) is 11.2. The van der Waals surface area contributed by atoms with Crippen LogP contribution in [0.5, 0.6) is 11.5 Å². The second-order valence-electron chi connectivity index (χ2n) is 10.2. The lowest BCUT2D eigenvalue weighted by atomic mass is 9.62. The van der Waals surface area contributed by atoms with E-state index in [0.29, 0.717) is 17.1 Å². The molecule has 2 aliphatic rings. The van der Waals surface area contributed by atoms with Crippen molar-refractivity contribution >= 4 is 18.0 Å². The molecule has 0 unspecified atom stereocenters. The molecular weight excluding hydrogens is 416 g/mol. The second kappa shape index (κ2) is 7.94. The highest BCUT2D eigenvalue weighted by molar-refractivity contribution is 6.14. The maximum atomic E-state index is 12.1. The minimum Gasteiger partial charge on any atom is -0.496 e. The van der Waals surface area contributed by atoms with Gasteiger partial charge < -0.3 is 14.8 Å². The number of carbonyl (C=O) groups is 2. The molecule has 0 bridgehead atoms. The summed E-state index contributed by atoms with van der Waals surface area (Å²) in [6.45, 7) is 11.4. The SMILES string of the molecule is COc1cc(OC)c(-c2cc3c(cc2C)C(C)(C)CCC3(C)C)cc1/C=C1/NC(=O)NC1=O. The first-order valence-electron chi connectivity index (χ1n) is 11.2. The average Bonchev–Trinajstić information content (AvgIpc) is 3.07. The Morgan fingerprint density at radius 2 is 1.42 bits per heavy atom. The van der Waals surface area contributed by atoms with E-state index in [4.69, 9.17) is 9.47 Å². The van der Waals surface area contributed by atoms with Gasteiger partial charge in [-0.15, -0.1) is 0 Å². The van der Waals surface area contributed by atoms with Gasteiger partial charge in [0.25, 0.3) is 5.91 Å². The highest BCUT2D eigenvalue weighted by Gasteiger charge is 2.37. The Kier molecular flexibility index (Phi) is 5.51. The zero-order chi connectivity index (χ0) is 24.1. The Bertz CT molecular complexity index is 1190. The van der Waals surface area contributed by atoms with E-state index in [1.165, 1.54) is 11.1 Å². The van der Waals surface area contributed by atoms with Crippen LogP contribution in [0.3, 0.4) is 0 Å². The third-order valence-corrected chi connectivity index (χ3v) is 7.06. The van der Waals surface area contributed by atoms with Crippen LogP contribution < -0.4 is 20.1 Å². The Hall–Kier alpha value is -3.28. The molecule has 0 radical (unpaired) electrons. The Labute approximate surface area is 195 Å². The summed E-state index contributed by atoms with van der Waals surface area (Å²) in [5.41, 5.74) is 6.98. The first-order chi connectivity index (χ1) is 15.5. The van der Waals surface area contributed by atoms with Crippen LogP contribution in [-0.2, 0) is 15.6 Å². The van der Waals surface area contributed by atoms with Gasteiger partial charge in [-0.25, -0.2) is 4.79 Å². The quantitative estimate of drug-likeness (QED) is 0.497. The van der Waals surface area contributed by atoms with Crippen LogP contribution in [0.1, 0.15) is 62.8 Å². The fourth-order valence-corrected chi connectivity index (χ4v) is 4.90. The number of benzene rings is 2. The molecule has 1 fully saturated rings. The van der Waals surface area contributed by atoms with Gasteiger partial charge in [0.15, 0.2) is 0 Å². The number of hydrogen-bond donors (Lipinski definition) is 2. The van der Waals surface area contributed by atoms with Crippen molar-refractivity contribution < 1.29 is 19.1 Å². The molecule has 0 saturated carbocycles. The fraction of sp³-hybridized carbons (Fsp3) is 0.407. The number of carbonyl (C=O) groups excluding carboxylic acids is 2. The molecule has 2 N–H and O–H groups in total. The van der Waals surface area contributed by atoms with Gasteiger partial charge in [0.2, 0.25) is 0 Å². The van der Waals surface area contributed by atoms with Crippen molar-refractivity contribution in [3.63, 3.8) is 0 Å². The monoisotopic (exact) mass is 448 g/mol. The van der Waals surface area contributed by atoms with Gasteiger partial charge in [-0.1, -0.05) is 33.8 Å². The molecule has 0 spiro atoms. The van der Waals surface area contributed by atoms with Crippen LogP contribution in [0.4, 0.5) is 4.79 Å². The Balaban J connectivity index is 1.93. The summed E-state index contributed by atoms with van der Waals surface area (Å²) in [6.07, 6.45) is 3.91. The summed E-state index contributed by atoms with van der Waals surface area (Å²) in [5, 5.41) is 4.77. The van der Waals surface area contributed by atoms with Crippen molar-refractivity contribution in [2.24, 2.45) is 0 Å². The van der Waals surface area contributed by atoms with E-state index in [1.54, 1.807) is 20.3 Å². The van der Waals surface area contributed by atoms with Gasteiger partial charge in [0, 0.05) is 17.2 Å². The zero-order valence-electron chi connectivity index (χ0n) is 20.4. The summed E-state index contributed by atoms with van der Waals surface area (Å²) >= 11 is 0. The van der Waals surface area contributed by atoms with Crippen LogP contribution in [0, 0.1) is 6.92 Å². The lowest BCUT2D eigenvalue weighted by molar-refractivity contribution is -0.115. The lowest BCUT2D eigenvalue weighted by Crippen LogP contribution is -2.34. The molecule has 2 aromatic carbocycles. The van der Waals surface area contributed by atoms with Gasteiger partial charge in [-0.05, 0) is 71.1 Å². The highest BCUT2D eigenvalue weighted by atomic mass is 16.5. The predicted molar refractivity (Wildman–Crippen MR) is 130 cm³/mol. The Morgan fingerprint density at radius 1 is 0.818 bits per heavy atom. The van der Waals surface area contributed by atoms with Crippen molar-refractivity contribution in [2.75, 3.05) is 14.2 Å². The smallest absolute Gasteiger partial charge is 0.326 e. The molecule has 174 valence electrons. The maximum absolute atomic E-state index is 12.1. The van der Waals surface area contributed by atoms with Crippen LogP contribution in [0.15, 0.2) is 30.0 Å². The molecule has 3 amide bonds. The van der Waals surface area contributed by atoms with Crippen LogP contribution >= 0.6 is 0 Å². The van der Waals surface area contributed by atoms with Gasteiger partial charge in [-0.3, -0.25) is 10.1 Å². The van der Waals surface area contributed by atoms with E-state index in [-0.39, 0.29) is 16.5 Å². The normalized spacial score (nSPS) is 19.7. The number of amides is 3. The van der Waals surface area contributed by atoms with E-state index < -0.39 is 11.9 Å². The van der Waals surface area contributed by atoms with Gasteiger partial charge in [0.05, 0.1) is 14.2 Å². The van der Waals surface area contributed by atoms with Crippen LogP contribution in [-0.4, -0.2) is 26.2 Å². The largest absolute Gasteiger partial charge is 0.496 e. The van der Waals surface area contributed by atoms with Crippen molar-refractivity contribution in [1.29, 1.82) is 0 Å². The maximum Gasteiger partial charge on any atom is 0.326 e. The highest BCUT2D eigenvalue weighted by Crippen LogP contribution is 2.49. The number of fused-ring (bicyclic) bond motifs is 1. The fourth-order valence-electron chi connectivity index (χ4n) is 4.90. The van der Waals surface area contributed by atoms with Crippen LogP contribution in [0.2, 0.25) is 0 Å². The van der Waals surface area contributed by atoms with E-state index in [0.717, 1.165) is 29.5 Å². The average molecular weight is 449 g/mol. The van der Waals surface area contributed by atoms with Crippen molar-refractivity contribution in [2.45, 2.75) is 58.3 Å². The van der Waals surface area contributed by atoms with Crippen molar-refractivity contribution in [1.82, 2.24) is 10.6 Å².